The Kier molecular flexibility index (Phi) is 6.20. The summed E-state index contributed by atoms with van der Waals surface area (Å²) in [5.74, 6) is -1.14. The molecule has 3 rings (SSSR count). The number of rotatable bonds is 6. The molecule has 7 nitrogen and oxygen atoms in total. The van der Waals surface area contributed by atoms with Crippen molar-refractivity contribution in [2.75, 3.05) is 10.6 Å². The highest BCUT2D eigenvalue weighted by Crippen LogP contribution is 2.25. The van der Waals surface area contributed by atoms with Crippen molar-refractivity contribution in [3.63, 3.8) is 0 Å². The summed E-state index contributed by atoms with van der Waals surface area (Å²) in [5, 5.41) is 6.20. The molecule has 7 heteroatoms. The number of amides is 2. The van der Waals surface area contributed by atoms with Gasteiger partial charge in [0.1, 0.15) is 5.58 Å². The van der Waals surface area contributed by atoms with Crippen molar-refractivity contribution in [2.24, 2.45) is 0 Å². The summed E-state index contributed by atoms with van der Waals surface area (Å²) in [5.41, 5.74) is 4.81. The number of aryl methyl sites for hydroxylation is 2. The summed E-state index contributed by atoms with van der Waals surface area (Å²) >= 11 is 0. The third-order valence-corrected chi connectivity index (χ3v) is 4.76. The first kappa shape index (κ1) is 21.1. The van der Waals surface area contributed by atoms with Crippen LogP contribution in [0.15, 0.2) is 47.1 Å². The normalized spacial score (nSPS) is 11.7. The van der Waals surface area contributed by atoms with Gasteiger partial charge in [-0.2, -0.15) is 0 Å². The monoisotopic (exact) mass is 408 g/mol. The smallest absolute Gasteiger partial charge is 0.311 e. The molecule has 2 amide bonds. The van der Waals surface area contributed by atoms with Crippen molar-refractivity contribution in [3.8, 4) is 0 Å². The lowest BCUT2D eigenvalue weighted by atomic mass is 10.0. The van der Waals surface area contributed by atoms with Gasteiger partial charge in [0.15, 0.2) is 6.10 Å². The number of esters is 1. The number of hydrogen-bond donors (Lipinski definition) is 2. The Balaban J connectivity index is 1.58. The molecule has 0 fully saturated rings. The summed E-state index contributed by atoms with van der Waals surface area (Å²) in [6.07, 6.45) is 0.597. The fourth-order valence-corrected chi connectivity index (χ4v) is 3.01. The fraction of sp³-hybridized carbons (Fsp3) is 0.261. The van der Waals surface area contributed by atoms with Crippen molar-refractivity contribution in [2.45, 2.75) is 40.2 Å². The maximum absolute atomic E-state index is 12.3. The molecule has 0 radical (unpaired) electrons. The maximum atomic E-state index is 12.3. The van der Waals surface area contributed by atoms with Crippen molar-refractivity contribution < 1.29 is 23.5 Å². The predicted molar refractivity (Wildman–Crippen MR) is 114 cm³/mol. The van der Waals surface area contributed by atoms with Crippen LogP contribution < -0.4 is 10.6 Å². The van der Waals surface area contributed by atoms with Crippen LogP contribution in [0.5, 0.6) is 0 Å². The molecule has 1 aromatic heterocycles. The first-order valence-electron chi connectivity index (χ1n) is 9.58. The third kappa shape index (κ3) is 5.05. The lowest BCUT2D eigenvalue weighted by molar-refractivity contribution is -0.152. The van der Waals surface area contributed by atoms with Gasteiger partial charge in [0.05, 0.1) is 12.7 Å². The second-order valence-corrected chi connectivity index (χ2v) is 7.25. The van der Waals surface area contributed by atoms with E-state index in [1.165, 1.54) is 13.8 Å². The van der Waals surface area contributed by atoms with Crippen LogP contribution in [0.4, 0.5) is 11.4 Å². The quantitative estimate of drug-likeness (QED) is 0.598. The van der Waals surface area contributed by atoms with E-state index in [4.69, 9.17) is 9.15 Å². The number of benzene rings is 2. The molecule has 0 bridgehead atoms. The van der Waals surface area contributed by atoms with E-state index in [0.717, 1.165) is 27.7 Å². The number of carbonyl (C=O) groups is 3. The van der Waals surface area contributed by atoms with Gasteiger partial charge in [-0.15, -0.1) is 0 Å². The van der Waals surface area contributed by atoms with Crippen molar-refractivity contribution in [3.05, 3.63) is 59.4 Å². The molecule has 0 saturated heterocycles. The number of hydrogen-bond acceptors (Lipinski definition) is 5. The van der Waals surface area contributed by atoms with Gasteiger partial charge in [0.2, 0.25) is 5.91 Å². The van der Waals surface area contributed by atoms with E-state index in [0.29, 0.717) is 11.4 Å². The maximum Gasteiger partial charge on any atom is 0.311 e. The Hall–Kier alpha value is -3.61. The number of carbonyl (C=O) groups excluding carboxylic acids is 3. The van der Waals surface area contributed by atoms with Gasteiger partial charge < -0.3 is 19.8 Å². The molecule has 156 valence electrons. The lowest BCUT2D eigenvalue weighted by Crippen LogP contribution is -2.30. The van der Waals surface area contributed by atoms with Crippen LogP contribution >= 0.6 is 0 Å². The minimum Gasteiger partial charge on any atom is -0.464 e. The van der Waals surface area contributed by atoms with Crippen LogP contribution in [0, 0.1) is 13.8 Å². The molecule has 0 spiro atoms. The van der Waals surface area contributed by atoms with Crippen LogP contribution in [-0.2, 0) is 25.5 Å². The van der Waals surface area contributed by atoms with Gasteiger partial charge in [0, 0.05) is 29.2 Å². The Morgan fingerprint density at radius 1 is 1.00 bits per heavy atom. The molecule has 0 unspecified atom stereocenters. The van der Waals surface area contributed by atoms with Gasteiger partial charge >= 0.3 is 5.97 Å². The van der Waals surface area contributed by atoms with Crippen LogP contribution in [-0.4, -0.2) is 23.9 Å². The van der Waals surface area contributed by atoms with Crippen LogP contribution in [0.25, 0.3) is 11.0 Å². The van der Waals surface area contributed by atoms with E-state index < -0.39 is 18.0 Å². The van der Waals surface area contributed by atoms with E-state index in [-0.39, 0.29) is 12.3 Å². The van der Waals surface area contributed by atoms with Crippen LogP contribution in [0.2, 0.25) is 0 Å². The number of furan rings is 1. The molecule has 0 aliphatic carbocycles. The highest BCUT2D eigenvalue weighted by molar-refractivity contribution is 5.96. The molecular formula is C23H24N2O5. The van der Waals surface area contributed by atoms with Crippen molar-refractivity contribution in [1.29, 1.82) is 0 Å². The van der Waals surface area contributed by atoms with Gasteiger partial charge in [-0.3, -0.25) is 14.4 Å². The molecule has 1 heterocycles. The Labute approximate surface area is 174 Å². The zero-order valence-corrected chi connectivity index (χ0v) is 17.4. The SMILES string of the molecule is CC(=O)Nc1ccc(NC(=O)[C@H](C)OC(=O)Cc2coc3cc(C)c(C)cc23)cc1. The summed E-state index contributed by atoms with van der Waals surface area (Å²) < 4.78 is 10.8. The molecule has 0 aliphatic heterocycles. The predicted octanol–water partition coefficient (Wildman–Crippen LogP) is 4.12. The topological polar surface area (TPSA) is 97.6 Å². The first-order valence-corrected chi connectivity index (χ1v) is 9.58. The Morgan fingerprint density at radius 3 is 2.23 bits per heavy atom. The van der Waals surface area contributed by atoms with Crippen molar-refractivity contribution in [1.82, 2.24) is 0 Å². The summed E-state index contributed by atoms with van der Waals surface area (Å²) in [6.45, 7) is 6.93. The molecule has 2 aromatic carbocycles. The van der Waals surface area contributed by atoms with Crippen molar-refractivity contribution >= 4 is 40.1 Å². The summed E-state index contributed by atoms with van der Waals surface area (Å²) in [7, 11) is 0. The van der Waals surface area contributed by atoms with Crippen LogP contribution in [0.1, 0.15) is 30.5 Å². The average molecular weight is 408 g/mol. The van der Waals surface area contributed by atoms with Gasteiger partial charge in [-0.25, -0.2) is 0 Å². The van der Waals surface area contributed by atoms with E-state index in [1.807, 2.05) is 26.0 Å². The molecule has 3 aromatic rings. The van der Waals surface area contributed by atoms with E-state index >= 15 is 0 Å². The Bertz CT molecular complexity index is 1100. The summed E-state index contributed by atoms with van der Waals surface area (Å²) in [6, 6.07) is 10.6. The highest BCUT2D eigenvalue weighted by atomic mass is 16.5. The number of anilines is 2. The summed E-state index contributed by atoms with van der Waals surface area (Å²) in [4.78, 5) is 35.7. The molecule has 0 aliphatic rings. The van der Waals surface area contributed by atoms with E-state index in [9.17, 15) is 14.4 Å². The minimum absolute atomic E-state index is 0.0124. The fourth-order valence-electron chi connectivity index (χ4n) is 3.01. The third-order valence-electron chi connectivity index (χ3n) is 4.76. The average Bonchev–Trinajstić information content (AvgIpc) is 3.04. The zero-order chi connectivity index (χ0) is 21.8. The lowest BCUT2D eigenvalue weighted by Gasteiger charge is -2.14. The highest BCUT2D eigenvalue weighted by Gasteiger charge is 2.20. The van der Waals surface area contributed by atoms with Gasteiger partial charge in [-0.05, 0) is 68.3 Å². The number of nitrogens with one attached hydrogen (secondary N) is 2. The Morgan fingerprint density at radius 2 is 1.60 bits per heavy atom. The van der Waals surface area contributed by atoms with Crippen LogP contribution in [0.3, 0.4) is 0 Å². The first-order chi connectivity index (χ1) is 14.2. The standard InChI is InChI=1S/C23H24N2O5/c1-13-9-20-17(12-29-21(20)10-14(13)2)11-22(27)30-15(3)23(28)25-19-7-5-18(6-8-19)24-16(4)26/h5-10,12,15H,11H2,1-4H3,(H,24,26)(H,25,28)/t15-/m0/s1. The second-order valence-electron chi connectivity index (χ2n) is 7.25. The van der Waals surface area contributed by atoms with Gasteiger partial charge in [0.25, 0.3) is 5.91 Å². The van der Waals surface area contributed by atoms with E-state index in [2.05, 4.69) is 10.6 Å². The second kappa shape index (κ2) is 8.82. The minimum atomic E-state index is -0.963. The molecule has 1 atom stereocenters. The molecule has 2 N–H and O–H groups in total. The van der Waals surface area contributed by atoms with Gasteiger partial charge in [-0.1, -0.05) is 0 Å². The molecule has 30 heavy (non-hydrogen) atoms. The molecular weight excluding hydrogens is 384 g/mol. The largest absolute Gasteiger partial charge is 0.464 e. The number of ether oxygens (including phenoxy) is 1. The van der Waals surface area contributed by atoms with E-state index in [1.54, 1.807) is 30.5 Å². The number of fused-ring (bicyclic) bond motifs is 1. The zero-order valence-electron chi connectivity index (χ0n) is 17.4. The molecule has 0 saturated carbocycles.